The Balaban J connectivity index is 1.89. The van der Waals surface area contributed by atoms with E-state index in [1.54, 1.807) is 18.4 Å². The lowest BCUT2D eigenvalue weighted by molar-refractivity contribution is -0.147. The zero-order valence-electron chi connectivity index (χ0n) is 17.2. The number of nitrogens with zero attached hydrogens (tertiary/aromatic N) is 1. The van der Waals surface area contributed by atoms with Crippen LogP contribution < -0.4 is 5.32 Å². The Morgan fingerprint density at radius 1 is 1.21 bits per heavy atom. The molecule has 4 nitrogen and oxygen atoms in total. The van der Waals surface area contributed by atoms with E-state index in [0.717, 1.165) is 24.9 Å². The number of thiophene rings is 1. The summed E-state index contributed by atoms with van der Waals surface area (Å²) < 4.78 is 0. The minimum Gasteiger partial charge on any atom is -0.359 e. The molecule has 0 bridgehead atoms. The molecule has 1 aromatic heterocycles. The molecule has 0 spiro atoms. The third-order valence-corrected chi connectivity index (χ3v) is 6.41. The zero-order valence-corrected chi connectivity index (χ0v) is 18.1. The summed E-state index contributed by atoms with van der Waals surface area (Å²) in [4.78, 5) is 29.0. The van der Waals surface area contributed by atoms with Gasteiger partial charge in [-0.05, 0) is 41.8 Å². The van der Waals surface area contributed by atoms with Crippen molar-refractivity contribution >= 4 is 23.2 Å². The van der Waals surface area contributed by atoms with Crippen LogP contribution in [0, 0.1) is 10.8 Å². The second kappa shape index (κ2) is 8.08. The van der Waals surface area contributed by atoms with Crippen molar-refractivity contribution in [2.75, 3.05) is 20.1 Å². The fourth-order valence-corrected chi connectivity index (χ4v) is 4.85. The molecule has 150 valence electrons. The van der Waals surface area contributed by atoms with Crippen molar-refractivity contribution in [3.63, 3.8) is 0 Å². The summed E-state index contributed by atoms with van der Waals surface area (Å²) >= 11 is 1.72. The maximum Gasteiger partial charge on any atom is 0.228 e. The van der Waals surface area contributed by atoms with Crippen LogP contribution in [-0.4, -0.2) is 36.9 Å². The Kier molecular flexibility index (Phi) is 5.94. The Morgan fingerprint density at radius 2 is 2.00 bits per heavy atom. The minimum atomic E-state index is -0.581. The van der Waals surface area contributed by atoms with Gasteiger partial charge >= 0.3 is 0 Å². The number of likely N-dealkylation sites (tertiary alicyclic amines) is 1. The molecule has 5 heteroatoms. The third-order valence-electron chi connectivity index (χ3n) is 5.49. The number of piperidine rings is 1. The van der Waals surface area contributed by atoms with E-state index in [1.165, 1.54) is 10.4 Å². The first-order chi connectivity index (χ1) is 13.2. The summed E-state index contributed by atoms with van der Waals surface area (Å²) in [7, 11) is 1.69. The maximum absolute atomic E-state index is 13.0. The summed E-state index contributed by atoms with van der Waals surface area (Å²) in [5, 5.41) is 4.94. The van der Waals surface area contributed by atoms with Gasteiger partial charge in [0.25, 0.3) is 0 Å². The van der Waals surface area contributed by atoms with Crippen LogP contribution in [0.2, 0.25) is 0 Å². The van der Waals surface area contributed by atoms with Crippen LogP contribution in [-0.2, 0) is 16.0 Å². The molecule has 1 saturated heterocycles. The van der Waals surface area contributed by atoms with Crippen LogP contribution in [0.5, 0.6) is 0 Å². The second-order valence-electron chi connectivity index (χ2n) is 8.79. The van der Waals surface area contributed by atoms with E-state index < -0.39 is 10.8 Å². The summed E-state index contributed by atoms with van der Waals surface area (Å²) in [6.45, 7) is 7.03. The van der Waals surface area contributed by atoms with Gasteiger partial charge in [0.15, 0.2) is 0 Å². The van der Waals surface area contributed by atoms with Gasteiger partial charge < -0.3 is 10.2 Å². The molecule has 0 radical (unpaired) electrons. The standard InChI is InChI=1S/C23H30N2O2S/c1-22(2,3)21(27)25-12-7-11-23(16-25,20(26)24-4)15-17-8-5-9-18(14-17)19-10-6-13-28-19/h5-6,8-10,13-14H,7,11-12,15-16H2,1-4H3,(H,24,26). The molecular weight excluding hydrogens is 368 g/mol. The number of nitrogens with one attached hydrogen (secondary N) is 1. The summed E-state index contributed by atoms with van der Waals surface area (Å²) in [6.07, 6.45) is 2.28. The van der Waals surface area contributed by atoms with Crippen LogP contribution >= 0.6 is 11.3 Å². The molecule has 3 rings (SSSR count). The molecule has 1 fully saturated rings. The molecular formula is C23H30N2O2S. The van der Waals surface area contributed by atoms with Crippen molar-refractivity contribution in [3.8, 4) is 10.4 Å². The van der Waals surface area contributed by atoms with Crippen LogP contribution in [0.3, 0.4) is 0 Å². The number of amides is 2. The van der Waals surface area contributed by atoms with Gasteiger partial charge in [0.2, 0.25) is 11.8 Å². The normalized spacial score (nSPS) is 20.1. The fraction of sp³-hybridized carbons (Fsp3) is 0.478. The van der Waals surface area contributed by atoms with E-state index in [0.29, 0.717) is 13.0 Å². The maximum atomic E-state index is 13.0. The Bertz CT molecular complexity index is 839. The number of hydrogen-bond donors (Lipinski definition) is 1. The number of rotatable bonds is 4. The van der Waals surface area contributed by atoms with Crippen LogP contribution in [0.4, 0.5) is 0 Å². The van der Waals surface area contributed by atoms with Gasteiger partial charge in [0, 0.05) is 30.4 Å². The summed E-state index contributed by atoms with van der Waals surface area (Å²) in [6, 6.07) is 12.6. The van der Waals surface area contributed by atoms with Gasteiger partial charge in [-0.3, -0.25) is 9.59 Å². The molecule has 2 amide bonds. The fourth-order valence-electron chi connectivity index (χ4n) is 4.12. The highest BCUT2D eigenvalue weighted by molar-refractivity contribution is 7.13. The Morgan fingerprint density at radius 3 is 2.64 bits per heavy atom. The molecule has 28 heavy (non-hydrogen) atoms. The number of benzene rings is 1. The van der Waals surface area contributed by atoms with Gasteiger partial charge in [-0.1, -0.05) is 51.1 Å². The third kappa shape index (κ3) is 4.30. The van der Waals surface area contributed by atoms with Crippen molar-refractivity contribution in [1.82, 2.24) is 10.2 Å². The van der Waals surface area contributed by atoms with E-state index >= 15 is 0 Å². The van der Waals surface area contributed by atoms with E-state index in [4.69, 9.17) is 0 Å². The van der Waals surface area contributed by atoms with E-state index in [2.05, 4.69) is 47.1 Å². The smallest absolute Gasteiger partial charge is 0.228 e. The molecule has 2 heterocycles. The molecule has 2 aromatic rings. The first-order valence-electron chi connectivity index (χ1n) is 9.90. The zero-order chi connectivity index (χ0) is 20.4. The molecule has 1 aliphatic heterocycles. The quantitative estimate of drug-likeness (QED) is 0.832. The largest absolute Gasteiger partial charge is 0.359 e. The number of hydrogen-bond acceptors (Lipinski definition) is 3. The second-order valence-corrected chi connectivity index (χ2v) is 9.74. The van der Waals surface area contributed by atoms with Crippen LogP contribution in [0.25, 0.3) is 10.4 Å². The molecule has 1 unspecified atom stereocenters. The molecule has 0 aliphatic carbocycles. The van der Waals surface area contributed by atoms with Crippen molar-refractivity contribution in [2.24, 2.45) is 10.8 Å². The summed E-state index contributed by atoms with van der Waals surface area (Å²) in [5.74, 6) is 0.147. The number of carbonyl (C=O) groups excluding carboxylic acids is 2. The van der Waals surface area contributed by atoms with E-state index in [-0.39, 0.29) is 11.8 Å². The summed E-state index contributed by atoms with van der Waals surface area (Å²) in [5.41, 5.74) is 1.30. The molecule has 1 N–H and O–H groups in total. The highest BCUT2D eigenvalue weighted by atomic mass is 32.1. The van der Waals surface area contributed by atoms with Gasteiger partial charge in [-0.15, -0.1) is 11.3 Å². The SMILES string of the molecule is CNC(=O)C1(Cc2cccc(-c3cccs3)c2)CCCN(C(=O)C(C)(C)C)C1. The first-order valence-corrected chi connectivity index (χ1v) is 10.8. The Labute approximate surface area is 172 Å². The van der Waals surface area contributed by atoms with Crippen LogP contribution in [0.1, 0.15) is 39.2 Å². The number of carbonyl (C=O) groups is 2. The topological polar surface area (TPSA) is 49.4 Å². The lowest BCUT2D eigenvalue weighted by Gasteiger charge is -2.43. The van der Waals surface area contributed by atoms with Gasteiger partial charge in [-0.25, -0.2) is 0 Å². The molecule has 1 aliphatic rings. The minimum absolute atomic E-state index is 0.0282. The predicted octanol–water partition coefficient (Wildman–Crippen LogP) is 4.36. The lowest BCUT2D eigenvalue weighted by atomic mass is 9.73. The van der Waals surface area contributed by atoms with Crippen molar-refractivity contribution in [1.29, 1.82) is 0 Å². The van der Waals surface area contributed by atoms with E-state index in [9.17, 15) is 9.59 Å². The molecule has 1 atom stereocenters. The van der Waals surface area contributed by atoms with Gasteiger partial charge in [-0.2, -0.15) is 0 Å². The Hall–Kier alpha value is -2.14. The average Bonchev–Trinajstić information content (AvgIpc) is 3.21. The first kappa shape index (κ1) is 20.6. The highest BCUT2D eigenvalue weighted by Crippen LogP contribution is 2.37. The van der Waals surface area contributed by atoms with Crippen molar-refractivity contribution in [3.05, 3.63) is 47.3 Å². The molecule has 1 aromatic carbocycles. The lowest BCUT2D eigenvalue weighted by Crippen LogP contribution is -2.55. The predicted molar refractivity (Wildman–Crippen MR) is 115 cm³/mol. The highest BCUT2D eigenvalue weighted by Gasteiger charge is 2.44. The average molecular weight is 399 g/mol. The van der Waals surface area contributed by atoms with Crippen LogP contribution in [0.15, 0.2) is 41.8 Å². The van der Waals surface area contributed by atoms with E-state index in [1.807, 2.05) is 25.7 Å². The van der Waals surface area contributed by atoms with Gasteiger partial charge in [0.05, 0.1) is 5.41 Å². The monoisotopic (exact) mass is 398 g/mol. The van der Waals surface area contributed by atoms with Crippen molar-refractivity contribution < 1.29 is 9.59 Å². The van der Waals surface area contributed by atoms with Crippen molar-refractivity contribution in [2.45, 2.75) is 40.0 Å². The molecule has 0 saturated carbocycles. The van der Waals surface area contributed by atoms with Gasteiger partial charge in [0.1, 0.15) is 0 Å².